The molecule has 3 aromatic carbocycles. The number of nitrogens with zero attached hydrogens (tertiary/aromatic N) is 2. The second kappa shape index (κ2) is 6.95. The number of fused-ring (bicyclic) bond motifs is 2. The molecule has 0 bridgehead atoms. The zero-order valence-electron chi connectivity index (χ0n) is 15.9. The maximum atomic E-state index is 13.2. The van der Waals surface area contributed by atoms with Gasteiger partial charge >= 0.3 is 0 Å². The number of amides is 1. The van der Waals surface area contributed by atoms with E-state index in [1.54, 1.807) is 11.0 Å². The Bertz CT molecular complexity index is 1150. The van der Waals surface area contributed by atoms with Crippen molar-refractivity contribution in [1.29, 1.82) is 0 Å². The smallest absolute Gasteiger partial charge is 0.248 e. The highest BCUT2D eigenvalue weighted by molar-refractivity contribution is 7.92. The van der Waals surface area contributed by atoms with Crippen LogP contribution in [0.25, 0.3) is 10.8 Å². The molecule has 0 spiro atoms. The van der Waals surface area contributed by atoms with Crippen molar-refractivity contribution in [3.05, 3.63) is 72.3 Å². The molecule has 0 radical (unpaired) electrons. The van der Waals surface area contributed by atoms with Crippen molar-refractivity contribution in [3.8, 4) is 0 Å². The third-order valence-corrected chi connectivity index (χ3v) is 6.32. The number of rotatable bonds is 4. The summed E-state index contributed by atoms with van der Waals surface area (Å²) in [5, 5.41) is 1.74. The predicted octanol–water partition coefficient (Wildman–Crippen LogP) is 3.58. The van der Waals surface area contributed by atoms with Crippen LogP contribution in [0.15, 0.2) is 66.7 Å². The molecule has 28 heavy (non-hydrogen) atoms. The number of anilines is 2. The second-order valence-electron chi connectivity index (χ2n) is 7.21. The van der Waals surface area contributed by atoms with Crippen molar-refractivity contribution >= 4 is 38.1 Å². The molecule has 0 aliphatic carbocycles. The first kappa shape index (κ1) is 18.5. The van der Waals surface area contributed by atoms with Crippen molar-refractivity contribution in [2.24, 2.45) is 0 Å². The molecule has 6 heteroatoms. The molecule has 0 saturated heterocycles. The SMILES string of the molecule is C[C@H]1Cc2ccccc2N1C(=O)CN(c1cccc2ccccc12)S(C)(=O)=O. The number of carbonyl (C=O) groups excluding carboxylic acids is 1. The topological polar surface area (TPSA) is 57.7 Å². The van der Waals surface area contributed by atoms with E-state index in [0.29, 0.717) is 5.69 Å². The van der Waals surface area contributed by atoms with Gasteiger partial charge in [0.15, 0.2) is 0 Å². The highest BCUT2D eigenvalue weighted by Gasteiger charge is 2.33. The van der Waals surface area contributed by atoms with E-state index in [9.17, 15) is 13.2 Å². The van der Waals surface area contributed by atoms with Gasteiger partial charge in [-0.3, -0.25) is 9.10 Å². The molecule has 1 heterocycles. The molecule has 144 valence electrons. The Morgan fingerprint density at radius 3 is 2.50 bits per heavy atom. The van der Waals surface area contributed by atoms with E-state index in [1.807, 2.05) is 67.6 Å². The highest BCUT2D eigenvalue weighted by Crippen LogP contribution is 2.33. The molecule has 3 aromatic rings. The van der Waals surface area contributed by atoms with E-state index in [2.05, 4.69) is 0 Å². The van der Waals surface area contributed by atoms with E-state index >= 15 is 0 Å². The molecule has 0 fully saturated rings. The Kier molecular flexibility index (Phi) is 4.59. The van der Waals surface area contributed by atoms with Gasteiger partial charge < -0.3 is 4.90 Å². The van der Waals surface area contributed by atoms with E-state index < -0.39 is 10.0 Å². The lowest BCUT2D eigenvalue weighted by Gasteiger charge is -2.28. The van der Waals surface area contributed by atoms with Crippen LogP contribution in [0.1, 0.15) is 12.5 Å². The van der Waals surface area contributed by atoms with Crippen LogP contribution >= 0.6 is 0 Å². The minimum Gasteiger partial charge on any atom is -0.307 e. The maximum Gasteiger partial charge on any atom is 0.248 e. The van der Waals surface area contributed by atoms with Crippen LogP contribution in [0, 0.1) is 0 Å². The summed E-state index contributed by atoms with van der Waals surface area (Å²) in [5.41, 5.74) is 2.50. The molecule has 1 aliphatic heterocycles. The van der Waals surface area contributed by atoms with Gasteiger partial charge in [0.1, 0.15) is 6.54 Å². The summed E-state index contributed by atoms with van der Waals surface area (Å²) in [6.45, 7) is 1.76. The van der Waals surface area contributed by atoms with Gasteiger partial charge in [0.05, 0.1) is 11.9 Å². The Morgan fingerprint density at radius 1 is 1.04 bits per heavy atom. The molecule has 1 atom stereocenters. The number of carbonyl (C=O) groups is 1. The van der Waals surface area contributed by atoms with Crippen molar-refractivity contribution in [2.75, 3.05) is 22.0 Å². The van der Waals surface area contributed by atoms with Crippen LogP contribution < -0.4 is 9.21 Å². The van der Waals surface area contributed by atoms with Gasteiger partial charge in [0.25, 0.3) is 0 Å². The monoisotopic (exact) mass is 394 g/mol. The van der Waals surface area contributed by atoms with Crippen LogP contribution in [-0.2, 0) is 21.2 Å². The number of sulfonamides is 1. The van der Waals surface area contributed by atoms with Gasteiger partial charge in [0, 0.05) is 17.1 Å². The van der Waals surface area contributed by atoms with Gasteiger partial charge in [-0.2, -0.15) is 0 Å². The molecule has 5 nitrogen and oxygen atoms in total. The van der Waals surface area contributed by atoms with Crippen LogP contribution in [0.3, 0.4) is 0 Å². The minimum absolute atomic E-state index is 0.00109. The zero-order valence-corrected chi connectivity index (χ0v) is 16.7. The number of hydrogen-bond donors (Lipinski definition) is 0. The van der Waals surface area contributed by atoms with Crippen molar-refractivity contribution in [1.82, 2.24) is 0 Å². The van der Waals surface area contributed by atoms with Gasteiger partial charge in [-0.05, 0) is 36.4 Å². The Morgan fingerprint density at radius 2 is 1.71 bits per heavy atom. The highest BCUT2D eigenvalue weighted by atomic mass is 32.2. The summed E-state index contributed by atoms with van der Waals surface area (Å²) in [5.74, 6) is -0.226. The summed E-state index contributed by atoms with van der Waals surface area (Å²) in [4.78, 5) is 14.9. The molecule has 1 aliphatic rings. The van der Waals surface area contributed by atoms with Crippen molar-refractivity contribution in [2.45, 2.75) is 19.4 Å². The first-order chi connectivity index (χ1) is 13.4. The maximum absolute atomic E-state index is 13.2. The first-order valence-electron chi connectivity index (χ1n) is 9.21. The van der Waals surface area contributed by atoms with E-state index in [1.165, 1.54) is 4.31 Å². The normalized spacial score (nSPS) is 16.2. The summed E-state index contributed by atoms with van der Waals surface area (Å²) >= 11 is 0. The molecule has 4 rings (SSSR count). The Labute approximate surface area is 165 Å². The van der Waals surface area contributed by atoms with E-state index in [4.69, 9.17) is 0 Å². The van der Waals surface area contributed by atoms with Crippen molar-refractivity contribution in [3.63, 3.8) is 0 Å². The fourth-order valence-corrected chi connectivity index (χ4v) is 4.81. The van der Waals surface area contributed by atoms with Crippen LogP contribution in [0.5, 0.6) is 0 Å². The number of para-hydroxylation sites is 1. The summed E-state index contributed by atoms with van der Waals surface area (Å²) in [6.07, 6.45) is 1.92. The predicted molar refractivity (Wildman–Crippen MR) is 113 cm³/mol. The average Bonchev–Trinajstić information content (AvgIpc) is 3.00. The minimum atomic E-state index is -3.64. The van der Waals surface area contributed by atoms with Crippen LogP contribution in [0.2, 0.25) is 0 Å². The van der Waals surface area contributed by atoms with Gasteiger partial charge in [-0.1, -0.05) is 54.6 Å². The summed E-state index contributed by atoms with van der Waals surface area (Å²) in [6, 6.07) is 20.9. The van der Waals surface area contributed by atoms with Gasteiger partial charge in [-0.15, -0.1) is 0 Å². The number of hydrogen-bond acceptors (Lipinski definition) is 3. The third-order valence-electron chi connectivity index (χ3n) is 5.19. The van der Waals surface area contributed by atoms with Gasteiger partial charge in [-0.25, -0.2) is 8.42 Å². The lowest BCUT2D eigenvalue weighted by molar-refractivity contribution is -0.117. The zero-order chi connectivity index (χ0) is 19.9. The van der Waals surface area contributed by atoms with Crippen LogP contribution in [-0.4, -0.2) is 33.2 Å². The Hall–Kier alpha value is -2.86. The molecule has 1 amide bonds. The fourth-order valence-electron chi connectivity index (χ4n) is 3.95. The molecule has 0 aromatic heterocycles. The molecular formula is C22H22N2O3S. The van der Waals surface area contributed by atoms with Gasteiger partial charge in [0.2, 0.25) is 15.9 Å². The fraction of sp³-hybridized carbons (Fsp3) is 0.227. The first-order valence-corrected chi connectivity index (χ1v) is 11.1. The lowest BCUT2D eigenvalue weighted by atomic mass is 10.1. The molecular weight excluding hydrogens is 372 g/mol. The average molecular weight is 394 g/mol. The molecule has 0 N–H and O–H groups in total. The lowest BCUT2D eigenvalue weighted by Crippen LogP contribution is -2.45. The third kappa shape index (κ3) is 3.24. The number of benzene rings is 3. The summed E-state index contributed by atoms with van der Waals surface area (Å²) in [7, 11) is -3.64. The quantitative estimate of drug-likeness (QED) is 0.680. The van der Waals surface area contributed by atoms with E-state index in [-0.39, 0.29) is 18.5 Å². The second-order valence-corrected chi connectivity index (χ2v) is 9.12. The largest absolute Gasteiger partial charge is 0.307 e. The van der Waals surface area contributed by atoms with E-state index in [0.717, 1.165) is 34.7 Å². The molecule has 0 saturated carbocycles. The Balaban J connectivity index is 1.74. The van der Waals surface area contributed by atoms with Crippen LogP contribution in [0.4, 0.5) is 11.4 Å². The van der Waals surface area contributed by atoms with Crippen molar-refractivity contribution < 1.29 is 13.2 Å². The molecule has 0 unspecified atom stereocenters. The standard InChI is InChI=1S/C22H22N2O3S/c1-16-14-18-9-4-6-12-20(18)24(16)22(25)15-23(28(2,26)27)21-13-7-10-17-8-3-5-11-19(17)21/h3-13,16H,14-15H2,1-2H3/t16-/m0/s1. The summed E-state index contributed by atoms with van der Waals surface area (Å²) < 4.78 is 26.4.